The molecule has 3 N–H and O–H groups in total. The Morgan fingerprint density at radius 1 is 1.21 bits per heavy atom. The van der Waals surface area contributed by atoms with Crippen LogP contribution >= 0.6 is 0 Å². The standard InChI is InChI=1S/C23H23N9O2/c1-12-16-7-6-15(9-17(16)29-31(12)3)30(2)19-10-20(25-14-4-5-14)32-21(27-19)13(11-24-32)8-18-22(33)28-23(34)26-18/h6-11,14,25H,4-5H2,1-3H3,(H2,26,28,33,34)/b18-8-. The van der Waals surface area contributed by atoms with E-state index in [9.17, 15) is 9.59 Å². The summed E-state index contributed by atoms with van der Waals surface area (Å²) in [7, 11) is 3.89. The van der Waals surface area contributed by atoms with Gasteiger partial charge in [-0.05, 0) is 44.0 Å². The molecule has 1 saturated carbocycles. The highest BCUT2D eigenvalue weighted by molar-refractivity contribution is 6.14. The van der Waals surface area contributed by atoms with Gasteiger partial charge in [0.1, 0.15) is 17.3 Å². The Morgan fingerprint density at radius 2 is 2.03 bits per heavy atom. The minimum Gasteiger partial charge on any atom is -0.367 e. The summed E-state index contributed by atoms with van der Waals surface area (Å²) in [6, 6.07) is 7.99. The highest BCUT2D eigenvalue weighted by atomic mass is 16.2. The van der Waals surface area contributed by atoms with Gasteiger partial charge in [-0.1, -0.05) is 0 Å². The van der Waals surface area contributed by atoms with E-state index in [-0.39, 0.29) is 5.70 Å². The predicted octanol–water partition coefficient (Wildman–Crippen LogP) is 2.45. The van der Waals surface area contributed by atoms with Gasteiger partial charge in [0.05, 0.1) is 11.7 Å². The van der Waals surface area contributed by atoms with Crippen LogP contribution < -0.4 is 20.9 Å². The van der Waals surface area contributed by atoms with Gasteiger partial charge in [-0.3, -0.25) is 14.8 Å². The van der Waals surface area contributed by atoms with E-state index in [1.165, 1.54) is 0 Å². The molecule has 11 heteroatoms. The van der Waals surface area contributed by atoms with Crippen molar-refractivity contribution in [3.8, 4) is 0 Å². The molecule has 172 valence electrons. The Bertz CT molecular complexity index is 1530. The molecule has 1 aliphatic carbocycles. The first-order valence-electron chi connectivity index (χ1n) is 11.0. The van der Waals surface area contributed by atoms with E-state index < -0.39 is 11.9 Å². The lowest BCUT2D eigenvalue weighted by molar-refractivity contribution is -0.115. The maximum Gasteiger partial charge on any atom is 0.326 e. The Kier molecular flexibility index (Phi) is 4.34. The topological polar surface area (TPSA) is 121 Å². The van der Waals surface area contributed by atoms with E-state index in [0.717, 1.165) is 40.9 Å². The average Bonchev–Trinajstić information content (AvgIpc) is 3.35. The molecule has 3 aromatic heterocycles. The summed E-state index contributed by atoms with van der Waals surface area (Å²) in [4.78, 5) is 30.4. The lowest BCUT2D eigenvalue weighted by Crippen LogP contribution is -2.22. The molecule has 2 fully saturated rings. The van der Waals surface area contributed by atoms with Crippen molar-refractivity contribution >= 4 is 51.9 Å². The van der Waals surface area contributed by atoms with Gasteiger partial charge >= 0.3 is 6.03 Å². The Morgan fingerprint density at radius 3 is 2.76 bits per heavy atom. The fourth-order valence-electron chi connectivity index (χ4n) is 4.08. The Hall–Kier alpha value is -4.41. The number of urea groups is 1. The van der Waals surface area contributed by atoms with Gasteiger partial charge < -0.3 is 15.5 Å². The van der Waals surface area contributed by atoms with E-state index in [1.54, 1.807) is 16.8 Å². The summed E-state index contributed by atoms with van der Waals surface area (Å²) in [6.45, 7) is 2.05. The molecule has 0 bridgehead atoms. The number of hydrogen-bond donors (Lipinski definition) is 3. The highest BCUT2D eigenvalue weighted by Crippen LogP contribution is 2.32. The number of nitrogens with zero attached hydrogens (tertiary/aromatic N) is 6. The molecule has 1 aromatic carbocycles. The molecule has 34 heavy (non-hydrogen) atoms. The summed E-state index contributed by atoms with van der Waals surface area (Å²) in [5, 5.41) is 18.4. The van der Waals surface area contributed by atoms with Crippen LogP contribution in [0.15, 0.2) is 36.2 Å². The van der Waals surface area contributed by atoms with Gasteiger partial charge in [-0.2, -0.15) is 14.7 Å². The van der Waals surface area contributed by atoms with Crippen LogP contribution in [0.5, 0.6) is 0 Å². The first-order chi connectivity index (χ1) is 16.4. The molecular formula is C23H23N9O2. The van der Waals surface area contributed by atoms with Crippen molar-refractivity contribution in [2.24, 2.45) is 7.05 Å². The lowest BCUT2D eigenvalue weighted by atomic mass is 10.2. The van der Waals surface area contributed by atoms with Crippen molar-refractivity contribution in [2.75, 3.05) is 17.3 Å². The second-order valence-electron chi connectivity index (χ2n) is 8.69. The molecule has 2 aliphatic rings. The fourth-order valence-corrected chi connectivity index (χ4v) is 4.08. The van der Waals surface area contributed by atoms with Crippen LogP contribution in [0.3, 0.4) is 0 Å². The van der Waals surface area contributed by atoms with Crippen LogP contribution in [-0.4, -0.2) is 49.4 Å². The molecular weight excluding hydrogens is 434 g/mol. The number of hydrogen-bond acceptors (Lipinski definition) is 7. The molecule has 4 aromatic rings. The van der Waals surface area contributed by atoms with Crippen LogP contribution in [0.2, 0.25) is 0 Å². The zero-order valence-electron chi connectivity index (χ0n) is 19.0. The number of aromatic nitrogens is 5. The van der Waals surface area contributed by atoms with E-state index >= 15 is 0 Å². The zero-order chi connectivity index (χ0) is 23.6. The first kappa shape index (κ1) is 20.2. The number of carbonyl (C=O) groups is 2. The second kappa shape index (κ2) is 7.30. The minimum absolute atomic E-state index is 0.160. The summed E-state index contributed by atoms with van der Waals surface area (Å²) in [5.74, 6) is 1.05. The van der Waals surface area contributed by atoms with Crippen LogP contribution in [-0.2, 0) is 11.8 Å². The van der Waals surface area contributed by atoms with E-state index in [1.807, 2.05) is 42.7 Å². The highest BCUT2D eigenvalue weighted by Gasteiger charge is 2.26. The number of nitrogens with one attached hydrogen (secondary N) is 3. The molecule has 4 heterocycles. The summed E-state index contributed by atoms with van der Waals surface area (Å²) >= 11 is 0. The molecule has 0 spiro atoms. The molecule has 1 aliphatic heterocycles. The molecule has 6 rings (SSSR count). The van der Waals surface area contributed by atoms with Crippen molar-refractivity contribution in [1.29, 1.82) is 0 Å². The number of fused-ring (bicyclic) bond motifs is 2. The fraction of sp³-hybridized carbons (Fsp3) is 0.261. The van der Waals surface area contributed by atoms with Gasteiger partial charge in [0.2, 0.25) is 0 Å². The molecule has 0 radical (unpaired) electrons. The monoisotopic (exact) mass is 457 g/mol. The Labute approximate surface area is 194 Å². The average molecular weight is 457 g/mol. The molecule has 3 amide bonds. The summed E-state index contributed by atoms with van der Waals surface area (Å²) in [6.07, 6.45) is 5.44. The normalized spacial score (nSPS) is 17.0. The summed E-state index contributed by atoms with van der Waals surface area (Å²) < 4.78 is 3.60. The molecule has 0 atom stereocenters. The number of imide groups is 1. The largest absolute Gasteiger partial charge is 0.367 e. The van der Waals surface area contributed by atoms with E-state index in [0.29, 0.717) is 23.1 Å². The second-order valence-corrected chi connectivity index (χ2v) is 8.69. The van der Waals surface area contributed by atoms with Crippen LogP contribution in [0.4, 0.5) is 22.1 Å². The van der Waals surface area contributed by atoms with Crippen molar-refractivity contribution in [3.63, 3.8) is 0 Å². The number of carbonyl (C=O) groups excluding carboxylic acids is 2. The summed E-state index contributed by atoms with van der Waals surface area (Å²) in [5.41, 5.74) is 4.33. The van der Waals surface area contributed by atoms with Crippen molar-refractivity contribution < 1.29 is 9.59 Å². The first-order valence-corrected chi connectivity index (χ1v) is 11.0. The quantitative estimate of drug-likeness (QED) is 0.311. The number of rotatable bonds is 5. The third kappa shape index (κ3) is 3.33. The van der Waals surface area contributed by atoms with Crippen LogP contribution in [0, 0.1) is 6.92 Å². The number of anilines is 3. The maximum atomic E-state index is 12.0. The van der Waals surface area contributed by atoms with Gasteiger partial charge in [-0.25, -0.2) is 9.78 Å². The van der Waals surface area contributed by atoms with Gasteiger partial charge in [0, 0.05) is 48.5 Å². The zero-order valence-corrected chi connectivity index (χ0v) is 19.0. The van der Waals surface area contributed by atoms with Gasteiger partial charge in [0.25, 0.3) is 5.91 Å². The van der Waals surface area contributed by atoms with Crippen molar-refractivity contribution in [3.05, 3.63) is 47.4 Å². The van der Waals surface area contributed by atoms with Gasteiger partial charge in [0.15, 0.2) is 5.65 Å². The number of amides is 3. The predicted molar refractivity (Wildman–Crippen MR) is 128 cm³/mol. The lowest BCUT2D eigenvalue weighted by Gasteiger charge is -2.20. The third-order valence-electron chi connectivity index (χ3n) is 6.28. The van der Waals surface area contributed by atoms with Crippen LogP contribution in [0.25, 0.3) is 22.6 Å². The molecule has 11 nitrogen and oxygen atoms in total. The van der Waals surface area contributed by atoms with Gasteiger partial charge in [-0.15, -0.1) is 0 Å². The smallest absolute Gasteiger partial charge is 0.326 e. The van der Waals surface area contributed by atoms with Crippen molar-refractivity contribution in [2.45, 2.75) is 25.8 Å². The minimum atomic E-state index is -0.544. The van der Waals surface area contributed by atoms with E-state index in [4.69, 9.17) is 4.98 Å². The van der Waals surface area contributed by atoms with Crippen LogP contribution in [0.1, 0.15) is 24.1 Å². The number of aryl methyl sites for hydroxylation is 2. The molecule has 1 saturated heterocycles. The van der Waals surface area contributed by atoms with E-state index in [2.05, 4.69) is 38.3 Å². The van der Waals surface area contributed by atoms with Crippen molar-refractivity contribution in [1.82, 2.24) is 35.0 Å². The maximum absolute atomic E-state index is 12.0. The Balaban J connectivity index is 1.45. The third-order valence-corrected chi connectivity index (χ3v) is 6.28. The molecule has 0 unspecified atom stereocenters. The SMILES string of the molecule is Cc1c2ccc(N(C)c3cc(NC4CC4)n4ncc(/C=C5\NC(=O)NC5=O)c4n3)cc2nn1C. The number of benzene rings is 1.